The number of rotatable bonds is 5. The summed E-state index contributed by atoms with van der Waals surface area (Å²) in [5, 5.41) is 3.14. The van der Waals surface area contributed by atoms with Gasteiger partial charge in [0.2, 0.25) is 5.95 Å². The number of para-hydroxylation sites is 2. The summed E-state index contributed by atoms with van der Waals surface area (Å²) in [4.78, 5) is 4.56. The van der Waals surface area contributed by atoms with Gasteiger partial charge in [-0.05, 0) is 31.2 Å². The highest BCUT2D eigenvalue weighted by Crippen LogP contribution is 2.19. The summed E-state index contributed by atoms with van der Waals surface area (Å²) in [5.41, 5.74) is 3.35. The molecule has 0 saturated carbocycles. The van der Waals surface area contributed by atoms with Gasteiger partial charge in [-0.1, -0.05) is 29.8 Å². The molecule has 0 radical (unpaired) electrons. The molecule has 0 aliphatic rings. The third kappa shape index (κ3) is 2.84. The predicted octanol–water partition coefficient (Wildman–Crippen LogP) is 3.47. The topological polar surface area (TPSA) is 39.1 Å². The fourth-order valence-corrected chi connectivity index (χ4v) is 2.38. The van der Waals surface area contributed by atoms with Crippen LogP contribution in [0, 0.1) is 6.92 Å². The Balaban J connectivity index is 1.74. The Hall–Kier alpha value is -2.49. The average molecular weight is 281 g/mol. The van der Waals surface area contributed by atoms with Crippen molar-refractivity contribution in [2.75, 3.05) is 19.0 Å². The number of nitrogens with zero attached hydrogens (tertiary/aromatic N) is 2. The van der Waals surface area contributed by atoms with Gasteiger partial charge in [-0.15, -0.1) is 0 Å². The van der Waals surface area contributed by atoms with Crippen molar-refractivity contribution in [2.24, 2.45) is 0 Å². The first-order valence-corrected chi connectivity index (χ1v) is 7.10. The number of hydrogen-bond donors (Lipinski definition) is 1. The van der Waals surface area contributed by atoms with Crippen LogP contribution >= 0.6 is 0 Å². The van der Waals surface area contributed by atoms with Crippen molar-refractivity contribution in [2.45, 2.75) is 13.5 Å². The van der Waals surface area contributed by atoms with Gasteiger partial charge in [0, 0.05) is 7.05 Å². The van der Waals surface area contributed by atoms with Crippen molar-refractivity contribution in [1.82, 2.24) is 9.55 Å². The van der Waals surface area contributed by atoms with E-state index in [9.17, 15) is 0 Å². The van der Waals surface area contributed by atoms with Gasteiger partial charge in [-0.3, -0.25) is 0 Å². The van der Waals surface area contributed by atoms with E-state index < -0.39 is 0 Å². The molecule has 3 rings (SSSR count). The predicted molar refractivity (Wildman–Crippen MR) is 86.0 cm³/mol. The summed E-state index contributed by atoms with van der Waals surface area (Å²) < 4.78 is 7.95. The molecular formula is C17H19N3O. The Bertz CT molecular complexity index is 731. The number of hydrogen-bond acceptors (Lipinski definition) is 3. The van der Waals surface area contributed by atoms with Gasteiger partial charge >= 0.3 is 0 Å². The fraction of sp³-hybridized carbons (Fsp3) is 0.235. The van der Waals surface area contributed by atoms with E-state index in [1.165, 1.54) is 5.56 Å². The van der Waals surface area contributed by atoms with Crippen LogP contribution in [0.3, 0.4) is 0 Å². The van der Waals surface area contributed by atoms with E-state index >= 15 is 0 Å². The second-order valence-electron chi connectivity index (χ2n) is 4.99. The van der Waals surface area contributed by atoms with Crippen LogP contribution in [0.25, 0.3) is 11.0 Å². The Morgan fingerprint density at radius 1 is 1.10 bits per heavy atom. The van der Waals surface area contributed by atoms with E-state index in [-0.39, 0.29) is 0 Å². The zero-order valence-electron chi connectivity index (χ0n) is 12.3. The molecule has 0 atom stereocenters. The Morgan fingerprint density at radius 2 is 1.86 bits per heavy atom. The van der Waals surface area contributed by atoms with Crippen LogP contribution in [0.1, 0.15) is 5.56 Å². The Kier molecular flexibility index (Phi) is 3.77. The minimum absolute atomic E-state index is 0.609. The summed E-state index contributed by atoms with van der Waals surface area (Å²) >= 11 is 0. The maximum atomic E-state index is 5.81. The minimum atomic E-state index is 0.609. The lowest BCUT2D eigenvalue weighted by atomic mass is 10.2. The molecule has 2 aromatic carbocycles. The van der Waals surface area contributed by atoms with Crippen LogP contribution in [0.15, 0.2) is 48.5 Å². The number of anilines is 1. The first-order valence-electron chi connectivity index (χ1n) is 7.10. The van der Waals surface area contributed by atoms with E-state index in [0.29, 0.717) is 6.61 Å². The van der Waals surface area contributed by atoms with Gasteiger partial charge in [-0.25, -0.2) is 4.98 Å². The first-order chi connectivity index (χ1) is 10.3. The van der Waals surface area contributed by atoms with Gasteiger partial charge in [0.05, 0.1) is 17.6 Å². The lowest BCUT2D eigenvalue weighted by molar-refractivity contribution is 0.301. The number of aromatic nitrogens is 2. The van der Waals surface area contributed by atoms with Crippen molar-refractivity contribution in [1.29, 1.82) is 0 Å². The summed E-state index contributed by atoms with van der Waals surface area (Å²) in [6.07, 6.45) is 0. The standard InChI is InChI=1S/C17H19N3O/c1-13-7-9-14(10-8-13)21-12-11-20-16-6-4-3-5-15(16)19-17(20)18-2/h3-10H,11-12H2,1-2H3,(H,18,19). The second-order valence-corrected chi connectivity index (χ2v) is 4.99. The summed E-state index contributed by atoms with van der Waals surface area (Å²) in [5.74, 6) is 1.76. The van der Waals surface area contributed by atoms with Crippen molar-refractivity contribution < 1.29 is 4.74 Å². The third-order valence-electron chi connectivity index (χ3n) is 3.48. The quantitative estimate of drug-likeness (QED) is 0.778. The molecule has 108 valence electrons. The zero-order valence-corrected chi connectivity index (χ0v) is 12.3. The van der Waals surface area contributed by atoms with Gasteiger partial charge in [0.1, 0.15) is 12.4 Å². The lowest BCUT2D eigenvalue weighted by Gasteiger charge is -2.10. The first kappa shape index (κ1) is 13.5. The maximum Gasteiger partial charge on any atom is 0.203 e. The van der Waals surface area contributed by atoms with Gasteiger partial charge < -0.3 is 14.6 Å². The van der Waals surface area contributed by atoms with Crippen LogP contribution in [0.2, 0.25) is 0 Å². The van der Waals surface area contributed by atoms with E-state index in [2.05, 4.69) is 40.0 Å². The van der Waals surface area contributed by atoms with Crippen LogP contribution in [-0.2, 0) is 6.54 Å². The molecule has 4 nitrogen and oxygen atoms in total. The van der Waals surface area contributed by atoms with Crippen LogP contribution in [-0.4, -0.2) is 23.2 Å². The molecule has 0 spiro atoms. The second kappa shape index (κ2) is 5.87. The smallest absolute Gasteiger partial charge is 0.203 e. The van der Waals surface area contributed by atoms with Crippen molar-refractivity contribution in [3.8, 4) is 5.75 Å². The van der Waals surface area contributed by atoms with Gasteiger partial charge in [0.25, 0.3) is 0 Å². The number of fused-ring (bicyclic) bond motifs is 1. The van der Waals surface area contributed by atoms with E-state index in [4.69, 9.17) is 4.74 Å². The van der Waals surface area contributed by atoms with Gasteiger partial charge in [0.15, 0.2) is 0 Å². The summed E-state index contributed by atoms with van der Waals surface area (Å²) in [6.45, 7) is 3.43. The molecule has 3 aromatic rings. The van der Waals surface area contributed by atoms with E-state index in [0.717, 1.165) is 29.3 Å². The van der Waals surface area contributed by atoms with E-state index in [1.807, 2.05) is 37.4 Å². The van der Waals surface area contributed by atoms with Crippen LogP contribution < -0.4 is 10.1 Å². The molecule has 0 fully saturated rings. The molecule has 0 aliphatic carbocycles. The average Bonchev–Trinajstić information content (AvgIpc) is 2.87. The maximum absolute atomic E-state index is 5.81. The molecule has 0 amide bonds. The number of benzene rings is 2. The fourth-order valence-electron chi connectivity index (χ4n) is 2.38. The number of ether oxygens (including phenoxy) is 1. The summed E-state index contributed by atoms with van der Waals surface area (Å²) in [7, 11) is 1.89. The molecule has 1 aromatic heterocycles. The molecule has 4 heteroatoms. The van der Waals surface area contributed by atoms with Crippen molar-refractivity contribution >= 4 is 17.0 Å². The number of imidazole rings is 1. The molecule has 0 bridgehead atoms. The Morgan fingerprint density at radius 3 is 2.62 bits per heavy atom. The summed E-state index contributed by atoms with van der Waals surface area (Å²) in [6, 6.07) is 16.2. The highest BCUT2D eigenvalue weighted by Gasteiger charge is 2.08. The highest BCUT2D eigenvalue weighted by atomic mass is 16.5. The largest absolute Gasteiger partial charge is 0.492 e. The molecule has 0 saturated heterocycles. The third-order valence-corrected chi connectivity index (χ3v) is 3.48. The van der Waals surface area contributed by atoms with Gasteiger partial charge in [-0.2, -0.15) is 0 Å². The van der Waals surface area contributed by atoms with Crippen molar-refractivity contribution in [3.63, 3.8) is 0 Å². The molecule has 0 aliphatic heterocycles. The molecule has 1 N–H and O–H groups in total. The minimum Gasteiger partial charge on any atom is -0.492 e. The molecule has 21 heavy (non-hydrogen) atoms. The van der Waals surface area contributed by atoms with E-state index in [1.54, 1.807) is 0 Å². The number of nitrogens with one attached hydrogen (secondary N) is 1. The lowest BCUT2D eigenvalue weighted by Crippen LogP contribution is -2.10. The molecule has 1 heterocycles. The Labute approximate surface area is 124 Å². The molecular weight excluding hydrogens is 262 g/mol. The van der Waals surface area contributed by atoms with Crippen molar-refractivity contribution in [3.05, 3.63) is 54.1 Å². The molecule has 0 unspecified atom stereocenters. The van der Waals surface area contributed by atoms with Crippen LogP contribution in [0.4, 0.5) is 5.95 Å². The number of aryl methyl sites for hydroxylation is 1. The SMILES string of the molecule is CNc1nc2ccccc2n1CCOc1ccc(C)cc1. The zero-order chi connectivity index (χ0) is 14.7. The normalized spacial score (nSPS) is 10.8. The monoisotopic (exact) mass is 281 g/mol. The van der Waals surface area contributed by atoms with Crippen LogP contribution in [0.5, 0.6) is 5.75 Å². The highest BCUT2D eigenvalue weighted by molar-refractivity contribution is 5.78.